The second-order valence-electron chi connectivity index (χ2n) is 6.05. The molecule has 1 heterocycles. The molecule has 1 unspecified atom stereocenters. The van der Waals surface area contributed by atoms with E-state index in [1.54, 1.807) is 12.1 Å². The number of fused-ring (bicyclic) bond motifs is 1. The summed E-state index contributed by atoms with van der Waals surface area (Å²) in [6.45, 7) is 3.30. The average molecular weight is 420 g/mol. The molecule has 1 aliphatic heterocycles. The Bertz CT molecular complexity index is 748. The second-order valence-corrected chi connectivity index (χ2v) is 6.96. The van der Waals surface area contributed by atoms with Crippen LogP contribution in [0.15, 0.2) is 46.9 Å². The zero-order chi connectivity index (χ0) is 18.4. The Kier molecular flexibility index (Phi) is 6.39. The maximum Gasteiger partial charge on any atom is 0.258 e. The van der Waals surface area contributed by atoms with Gasteiger partial charge in [-0.25, -0.2) is 0 Å². The molecule has 1 atom stereocenters. The lowest BCUT2D eigenvalue weighted by Gasteiger charge is -2.27. The SMILES string of the molecule is CCCOc1ccc(OCC(=O)NC2CCOc3ccc(Br)cc32)cc1. The van der Waals surface area contributed by atoms with Crippen LogP contribution in [0.5, 0.6) is 17.2 Å². The Labute approximate surface area is 161 Å². The van der Waals surface area contributed by atoms with Gasteiger partial charge in [0.2, 0.25) is 0 Å². The average Bonchev–Trinajstić information content (AvgIpc) is 2.66. The molecule has 26 heavy (non-hydrogen) atoms. The quantitative estimate of drug-likeness (QED) is 0.728. The highest BCUT2D eigenvalue weighted by Gasteiger charge is 2.23. The van der Waals surface area contributed by atoms with Crippen LogP contribution in [0.3, 0.4) is 0 Å². The fourth-order valence-electron chi connectivity index (χ4n) is 2.75. The molecule has 1 N–H and O–H groups in total. The van der Waals surface area contributed by atoms with E-state index in [9.17, 15) is 4.79 Å². The van der Waals surface area contributed by atoms with Gasteiger partial charge >= 0.3 is 0 Å². The maximum absolute atomic E-state index is 12.3. The molecule has 0 fully saturated rings. The van der Waals surface area contributed by atoms with Crippen molar-refractivity contribution in [2.24, 2.45) is 0 Å². The molecule has 0 saturated carbocycles. The van der Waals surface area contributed by atoms with E-state index in [0.29, 0.717) is 19.0 Å². The van der Waals surface area contributed by atoms with Gasteiger partial charge in [-0.3, -0.25) is 4.79 Å². The Morgan fingerprint density at radius 1 is 1.19 bits per heavy atom. The van der Waals surface area contributed by atoms with Gasteiger partial charge in [-0.2, -0.15) is 0 Å². The van der Waals surface area contributed by atoms with Crippen LogP contribution >= 0.6 is 15.9 Å². The number of halogens is 1. The van der Waals surface area contributed by atoms with Crippen LogP contribution in [-0.2, 0) is 4.79 Å². The molecule has 138 valence electrons. The van der Waals surface area contributed by atoms with Gasteiger partial charge in [0, 0.05) is 16.5 Å². The van der Waals surface area contributed by atoms with Crippen molar-refractivity contribution in [3.05, 3.63) is 52.5 Å². The number of hydrogen-bond donors (Lipinski definition) is 1. The fraction of sp³-hybridized carbons (Fsp3) is 0.350. The minimum atomic E-state index is -0.158. The van der Waals surface area contributed by atoms with Crippen LogP contribution in [0.25, 0.3) is 0 Å². The van der Waals surface area contributed by atoms with Crippen molar-refractivity contribution in [2.45, 2.75) is 25.8 Å². The third-order valence-electron chi connectivity index (χ3n) is 4.01. The molecule has 0 spiro atoms. The highest BCUT2D eigenvalue weighted by molar-refractivity contribution is 9.10. The smallest absolute Gasteiger partial charge is 0.258 e. The topological polar surface area (TPSA) is 56.8 Å². The molecule has 0 aliphatic carbocycles. The van der Waals surface area contributed by atoms with E-state index in [4.69, 9.17) is 14.2 Å². The molecule has 1 amide bonds. The summed E-state index contributed by atoms with van der Waals surface area (Å²) < 4.78 is 17.7. The number of hydrogen-bond acceptors (Lipinski definition) is 4. The van der Waals surface area contributed by atoms with Crippen LogP contribution in [0.2, 0.25) is 0 Å². The minimum Gasteiger partial charge on any atom is -0.494 e. The number of benzene rings is 2. The summed E-state index contributed by atoms with van der Waals surface area (Å²) in [5.41, 5.74) is 0.983. The lowest BCUT2D eigenvalue weighted by atomic mass is 10.0. The van der Waals surface area contributed by atoms with E-state index in [1.807, 2.05) is 30.3 Å². The molecule has 2 aromatic rings. The van der Waals surface area contributed by atoms with Crippen molar-refractivity contribution >= 4 is 21.8 Å². The van der Waals surface area contributed by atoms with E-state index in [-0.39, 0.29) is 18.6 Å². The van der Waals surface area contributed by atoms with Crippen LogP contribution in [0.1, 0.15) is 31.4 Å². The van der Waals surface area contributed by atoms with Gasteiger partial charge < -0.3 is 19.5 Å². The van der Waals surface area contributed by atoms with Crippen molar-refractivity contribution in [1.29, 1.82) is 0 Å². The summed E-state index contributed by atoms with van der Waals surface area (Å²) in [6, 6.07) is 13.0. The minimum absolute atomic E-state index is 0.0319. The van der Waals surface area contributed by atoms with Gasteiger partial charge in [0.1, 0.15) is 17.2 Å². The zero-order valence-corrected chi connectivity index (χ0v) is 16.3. The zero-order valence-electron chi connectivity index (χ0n) is 14.7. The Morgan fingerprint density at radius 3 is 2.65 bits per heavy atom. The predicted octanol–water partition coefficient (Wildman–Crippen LogP) is 4.26. The standard InChI is InChI=1S/C20H22BrNO4/c1-2-10-24-15-4-6-16(7-5-15)26-13-20(23)22-18-9-11-25-19-8-3-14(21)12-17(18)19/h3-8,12,18H,2,9-11,13H2,1H3,(H,22,23). The summed E-state index contributed by atoms with van der Waals surface area (Å²) in [5.74, 6) is 2.09. The van der Waals surface area contributed by atoms with Crippen molar-refractivity contribution in [2.75, 3.05) is 19.8 Å². The van der Waals surface area contributed by atoms with Crippen molar-refractivity contribution in [1.82, 2.24) is 5.32 Å². The number of carbonyl (C=O) groups is 1. The summed E-state index contributed by atoms with van der Waals surface area (Å²) in [6.07, 6.45) is 1.70. The van der Waals surface area contributed by atoms with E-state index in [2.05, 4.69) is 28.2 Å². The Hall–Kier alpha value is -2.21. The lowest BCUT2D eigenvalue weighted by Crippen LogP contribution is -2.35. The molecule has 5 nitrogen and oxygen atoms in total. The number of nitrogens with one attached hydrogen (secondary N) is 1. The third kappa shape index (κ3) is 4.91. The van der Waals surface area contributed by atoms with Gasteiger partial charge in [-0.05, 0) is 48.9 Å². The van der Waals surface area contributed by atoms with Crippen LogP contribution in [0.4, 0.5) is 0 Å². The van der Waals surface area contributed by atoms with Gasteiger partial charge in [0.05, 0.1) is 19.3 Å². The van der Waals surface area contributed by atoms with Crippen molar-refractivity contribution < 1.29 is 19.0 Å². The monoisotopic (exact) mass is 419 g/mol. The van der Waals surface area contributed by atoms with Crippen molar-refractivity contribution in [3.8, 4) is 17.2 Å². The fourth-order valence-corrected chi connectivity index (χ4v) is 3.13. The molecule has 0 saturated heterocycles. The number of amides is 1. The van der Waals surface area contributed by atoms with E-state index in [0.717, 1.165) is 34.4 Å². The predicted molar refractivity (Wildman–Crippen MR) is 103 cm³/mol. The van der Waals surface area contributed by atoms with Crippen molar-refractivity contribution in [3.63, 3.8) is 0 Å². The highest BCUT2D eigenvalue weighted by Crippen LogP contribution is 2.34. The maximum atomic E-state index is 12.3. The normalized spacial score (nSPS) is 15.5. The molecule has 6 heteroatoms. The second kappa shape index (κ2) is 8.94. The summed E-state index contributed by atoms with van der Waals surface area (Å²) in [4.78, 5) is 12.3. The van der Waals surface area contributed by atoms with Crippen LogP contribution in [0, 0.1) is 0 Å². The van der Waals surface area contributed by atoms with Gasteiger partial charge in [-0.15, -0.1) is 0 Å². The Balaban J connectivity index is 1.53. The first-order chi connectivity index (χ1) is 12.7. The molecule has 1 aliphatic rings. The summed E-state index contributed by atoms with van der Waals surface area (Å²) >= 11 is 3.46. The molecule has 0 radical (unpaired) electrons. The van der Waals surface area contributed by atoms with Crippen LogP contribution < -0.4 is 19.5 Å². The molecule has 2 aromatic carbocycles. The largest absolute Gasteiger partial charge is 0.494 e. The first-order valence-corrected chi connectivity index (χ1v) is 9.52. The third-order valence-corrected chi connectivity index (χ3v) is 4.51. The molecule has 0 aromatic heterocycles. The van der Waals surface area contributed by atoms with E-state index >= 15 is 0 Å². The Morgan fingerprint density at radius 2 is 1.92 bits per heavy atom. The van der Waals surface area contributed by atoms with Gasteiger partial charge in [0.25, 0.3) is 5.91 Å². The van der Waals surface area contributed by atoms with Crippen LogP contribution in [-0.4, -0.2) is 25.7 Å². The summed E-state index contributed by atoms with van der Waals surface area (Å²) in [5, 5.41) is 3.02. The first-order valence-electron chi connectivity index (χ1n) is 8.73. The number of carbonyl (C=O) groups excluding carboxylic acids is 1. The van der Waals surface area contributed by atoms with E-state index in [1.165, 1.54) is 0 Å². The molecular weight excluding hydrogens is 398 g/mol. The highest BCUT2D eigenvalue weighted by atomic mass is 79.9. The number of rotatable bonds is 7. The van der Waals surface area contributed by atoms with Gasteiger partial charge in [0.15, 0.2) is 6.61 Å². The molecular formula is C20H22BrNO4. The lowest BCUT2D eigenvalue weighted by molar-refractivity contribution is -0.124. The first kappa shape index (κ1) is 18.6. The summed E-state index contributed by atoms with van der Waals surface area (Å²) in [7, 11) is 0. The molecule has 0 bridgehead atoms. The van der Waals surface area contributed by atoms with Gasteiger partial charge in [-0.1, -0.05) is 22.9 Å². The number of ether oxygens (including phenoxy) is 3. The van der Waals surface area contributed by atoms with E-state index < -0.39 is 0 Å². The molecule has 3 rings (SSSR count).